The number of nitrogens with zero attached hydrogens (tertiary/aromatic N) is 3. The Kier molecular flexibility index (Phi) is 3.02. The van der Waals surface area contributed by atoms with Crippen LogP contribution in [-0.4, -0.2) is 4.40 Å². The molecule has 0 saturated heterocycles. The lowest BCUT2D eigenvalue weighted by atomic mass is 10.1. The Morgan fingerprint density at radius 1 is 1.10 bits per heavy atom. The van der Waals surface area contributed by atoms with Crippen molar-refractivity contribution in [2.24, 2.45) is 0 Å². The van der Waals surface area contributed by atoms with Crippen molar-refractivity contribution in [3.05, 3.63) is 82.4 Å². The Bertz CT molecular complexity index is 857. The van der Waals surface area contributed by atoms with E-state index in [9.17, 15) is 4.79 Å². The number of nitriles is 1. The molecule has 2 aromatic heterocycles. The minimum Gasteiger partial charge on any atom is -0.241 e. The van der Waals surface area contributed by atoms with Crippen LogP contribution in [-0.2, 0) is 6.54 Å². The number of hydrogen-bond donors (Lipinski definition) is 0. The zero-order chi connectivity index (χ0) is 13.9. The standard InChI is InChI=1S/C16H12N3O/c17-11-13-4-6-14(7-5-13)12-18-10-8-16(20)19-9-2-1-3-15(18)19/h1-10H,12H2/q+1. The number of rotatable bonds is 2. The van der Waals surface area contributed by atoms with Crippen LogP contribution in [0.1, 0.15) is 11.1 Å². The first-order chi connectivity index (χ1) is 9.78. The fourth-order valence-corrected chi connectivity index (χ4v) is 2.18. The third-order valence-corrected chi connectivity index (χ3v) is 3.20. The molecule has 0 atom stereocenters. The van der Waals surface area contributed by atoms with Gasteiger partial charge in [0.2, 0.25) is 0 Å². The summed E-state index contributed by atoms with van der Waals surface area (Å²) in [5, 5.41) is 8.80. The average Bonchev–Trinajstić information content (AvgIpc) is 2.51. The van der Waals surface area contributed by atoms with E-state index in [4.69, 9.17) is 5.26 Å². The molecule has 1 aromatic carbocycles. The van der Waals surface area contributed by atoms with Crippen molar-refractivity contribution >= 4 is 5.65 Å². The first-order valence-corrected chi connectivity index (χ1v) is 6.27. The van der Waals surface area contributed by atoms with Crippen molar-refractivity contribution in [3.63, 3.8) is 0 Å². The van der Waals surface area contributed by atoms with Crippen LogP contribution in [0.5, 0.6) is 0 Å². The van der Waals surface area contributed by atoms with E-state index in [0.29, 0.717) is 12.1 Å². The van der Waals surface area contributed by atoms with Gasteiger partial charge in [-0.3, -0.25) is 0 Å². The van der Waals surface area contributed by atoms with E-state index in [2.05, 4.69) is 6.07 Å². The molecule has 0 spiro atoms. The lowest BCUT2D eigenvalue weighted by Crippen LogP contribution is -2.39. The largest absolute Gasteiger partial charge is 0.342 e. The van der Waals surface area contributed by atoms with Crippen LogP contribution in [0.2, 0.25) is 0 Å². The lowest BCUT2D eigenvalue weighted by Gasteiger charge is -2.03. The van der Waals surface area contributed by atoms with Gasteiger partial charge in [-0.15, -0.1) is 0 Å². The van der Waals surface area contributed by atoms with Gasteiger partial charge in [-0.2, -0.15) is 9.66 Å². The molecule has 0 bridgehead atoms. The molecular weight excluding hydrogens is 250 g/mol. The number of aromatic nitrogens is 2. The summed E-state index contributed by atoms with van der Waals surface area (Å²) in [6, 6.07) is 16.8. The second kappa shape index (κ2) is 4.98. The molecule has 0 aliphatic rings. The Morgan fingerprint density at radius 2 is 1.90 bits per heavy atom. The molecule has 4 heteroatoms. The average molecular weight is 262 g/mol. The van der Waals surface area contributed by atoms with Crippen molar-refractivity contribution in [3.8, 4) is 6.07 Å². The molecule has 4 nitrogen and oxygen atoms in total. The molecule has 0 aliphatic heterocycles. The molecule has 96 valence electrons. The molecule has 0 unspecified atom stereocenters. The van der Waals surface area contributed by atoms with Gasteiger partial charge in [0, 0.05) is 6.07 Å². The zero-order valence-electron chi connectivity index (χ0n) is 10.7. The summed E-state index contributed by atoms with van der Waals surface area (Å²) in [6.45, 7) is 0.652. The third-order valence-electron chi connectivity index (χ3n) is 3.20. The predicted octanol–water partition coefficient (Wildman–Crippen LogP) is 1.51. The summed E-state index contributed by atoms with van der Waals surface area (Å²) >= 11 is 0. The highest BCUT2D eigenvalue weighted by Crippen LogP contribution is 2.03. The van der Waals surface area contributed by atoms with Crippen LogP contribution in [0.3, 0.4) is 0 Å². The second-order valence-corrected chi connectivity index (χ2v) is 4.52. The van der Waals surface area contributed by atoms with E-state index in [1.165, 1.54) is 0 Å². The van der Waals surface area contributed by atoms with E-state index in [-0.39, 0.29) is 5.56 Å². The first-order valence-electron chi connectivity index (χ1n) is 6.27. The molecule has 0 fully saturated rings. The van der Waals surface area contributed by atoms with Gasteiger partial charge in [0.05, 0.1) is 30.1 Å². The molecular formula is C16H12N3O+. The Morgan fingerprint density at radius 3 is 2.65 bits per heavy atom. The number of benzene rings is 1. The van der Waals surface area contributed by atoms with Gasteiger partial charge in [-0.1, -0.05) is 18.2 Å². The van der Waals surface area contributed by atoms with Crippen molar-refractivity contribution in [2.45, 2.75) is 6.54 Å². The molecule has 20 heavy (non-hydrogen) atoms. The van der Waals surface area contributed by atoms with Crippen LogP contribution in [0.15, 0.2) is 65.7 Å². The van der Waals surface area contributed by atoms with Crippen LogP contribution in [0.25, 0.3) is 5.65 Å². The topological polar surface area (TPSA) is 49.1 Å². The summed E-state index contributed by atoms with van der Waals surface area (Å²) in [6.07, 6.45) is 3.54. The lowest BCUT2D eigenvalue weighted by molar-refractivity contribution is -0.666. The van der Waals surface area contributed by atoms with Gasteiger partial charge >= 0.3 is 5.56 Å². The zero-order valence-corrected chi connectivity index (χ0v) is 10.7. The molecule has 0 N–H and O–H groups in total. The highest BCUT2D eigenvalue weighted by atomic mass is 16.1. The van der Waals surface area contributed by atoms with Gasteiger partial charge in [-0.25, -0.2) is 9.36 Å². The van der Waals surface area contributed by atoms with Crippen LogP contribution in [0, 0.1) is 11.3 Å². The van der Waals surface area contributed by atoms with Gasteiger partial charge in [0.15, 0.2) is 0 Å². The highest BCUT2D eigenvalue weighted by Gasteiger charge is 2.09. The molecule has 3 aromatic rings. The monoisotopic (exact) mass is 262 g/mol. The van der Waals surface area contributed by atoms with Crippen LogP contribution < -0.4 is 10.1 Å². The smallest absolute Gasteiger partial charge is 0.241 e. The fraction of sp³-hybridized carbons (Fsp3) is 0.0625. The number of hydrogen-bond acceptors (Lipinski definition) is 2. The maximum atomic E-state index is 11.8. The second-order valence-electron chi connectivity index (χ2n) is 4.52. The van der Waals surface area contributed by atoms with E-state index in [1.807, 2.05) is 34.9 Å². The summed E-state index contributed by atoms with van der Waals surface area (Å²) < 4.78 is 3.62. The van der Waals surface area contributed by atoms with Gasteiger partial charge in [-0.05, 0) is 23.8 Å². The quantitative estimate of drug-likeness (QED) is 0.657. The normalized spacial score (nSPS) is 10.3. The van der Waals surface area contributed by atoms with E-state index >= 15 is 0 Å². The SMILES string of the molecule is N#Cc1ccc(C[n+]2ccc(=O)n3ccccc32)cc1. The number of fused-ring (bicyclic) bond motifs is 1. The molecule has 2 heterocycles. The summed E-state index contributed by atoms with van der Waals surface area (Å²) in [7, 11) is 0. The van der Waals surface area contributed by atoms with Crippen LogP contribution in [0.4, 0.5) is 0 Å². The van der Waals surface area contributed by atoms with Gasteiger partial charge in [0.25, 0.3) is 5.65 Å². The highest BCUT2D eigenvalue weighted by molar-refractivity contribution is 5.33. The minimum atomic E-state index is -0.0447. The molecule has 0 aliphatic carbocycles. The Balaban J connectivity index is 2.04. The minimum absolute atomic E-state index is 0.0447. The van der Waals surface area contributed by atoms with Crippen molar-refractivity contribution in [2.75, 3.05) is 0 Å². The van der Waals surface area contributed by atoms with Crippen molar-refractivity contribution < 1.29 is 4.57 Å². The summed E-state index contributed by atoms with van der Waals surface area (Å²) in [4.78, 5) is 11.8. The Hall–Kier alpha value is -2.93. The van der Waals surface area contributed by atoms with E-state index < -0.39 is 0 Å². The molecule has 0 radical (unpaired) electrons. The Labute approximate surface area is 115 Å². The molecule has 0 saturated carbocycles. The maximum Gasteiger partial charge on any atom is 0.342 e. The number of pyridine rings is 1. The molecule has 0 amide bonds. The van der Waals surface area contributed by atoms with Gasteiger partial charge < -0.3 is 0 Å². The van der Waals surface area contributed by atoms with Gasteiger partial charge in [0.1, 0.15) is 6.54 Å². The van der Waals surface area contributed by atoms with Crippen LogP contribution >= 0.6 is 0 Å². The molecule has 3 rings (SSSR count). The maximum absolute atomic E-state index is 11.8. The summed E-state index contributed by atoms with van der Waals surface area (Å²) in [5.41, 5.74) is 2.52. The van der Waals surface area contributed by atoms with Crippen molar-refractivity contribution in [1.29, 1.82) is 5.26 Å². The third kappa shape index (κ3) is 2.17. The fourth-order valence-electron chi connectivity index (χ4n) is 2.18. The summed E-state index contributed by atoms with van der Waals surface area (Å²) in [5.74, 6) is 0. The predicted molar refractivity (Wildman–Crippen MR) is 74.1 cm³/mol. The van der Waals surface area contributed by atoms with E-state index in [1.54, 1.807) is 35.0 Å². The van der Waals surface area contributed by atoms with Crippen molar-refractivity contribution in [1.82, 2.24) is 4.40 Å². The first kappa shape index (κ1) is 12.1. The van der Waals surface area contributed by atoms with E-state index in [0.717, 1.165) is 11.2 Å².